The number of rotatable bonds is 4. The van der Waals surface area contributed by atoms with E-state index in [0.717, 1.165) is 12.5 Å². The maximum Gasteiger partial charge on any atom is 0.453 e. The number of aromatic nitrogens is 3. The summed E-state index contributed by atoms with van der Waals surface area (Å²) in [6, 6.07) is 6.24. The predicted molar refractivity (Wildman–Crippen MR) is 74.1 cm³/mol. The van der Waals surface area contributed by atoms with Crippen molar-refractivity contribution >= 4 is 16.1 Å². The molecule has 0 unspecified atom stereocenters. The van der Waals surface area contributed by atoms with Crippen molar-refractivity contribution in [2.75, 3.05) is 13.4 Å². The highest BCUT2D eigenvalue weighted by molar-refractivity contribution is 7.90. The molecule has 0 spiro atoms. The number of hydrogen-bond acceptors (Lipinski definition) is 6. The molecule has 0 bridgehead atoms. The van der Waals surface area contributed by atoms with Crippen molar-refractivity contribution < 1.29 is 26.3 Å². The van der Waals surface area contributed by atoms with Crippen LogP contribution in [0.25, 0.3) is 0 Å². The third kappa shape index (κ3) is 3.86. The summed E-state index contributed by atoms with van der Waals surface area (Å²) in [6.45, 7) is 0. The van der Waals surface area contributed by atoms with E-state index in [4.69, 9.17) is 4.74 Å². The highest BCUT2D eigenvalue weighted by Gasteiger charge is 2.40. The first-order chi connectivity index (χ1) is 10.6. The van der Waals surface area contributed by atoms with Gasteiger partial charge in [0, 0.05) is 6.26 Å². The van der Waals surface area contributed by atoms with Crippen LogP contribution in [-0.4, -0.2) is 42.9 Å². The van der Waals surface area contributed by atoms with Crippen LogP contribution in [0.4, 0.5) is 13.2 Å². The van der Waals surface area contributed by atoms with Crippen LogP contribution in [0.5, 0.6) is 5.75 Å². The number of ether oxygens (including phenoxy) is 1. The monoisotopic (exact) mass is 348 g/mol. The summed E-state index contributed by atoms with van der Waals surface area (Å²) in [5.41, 5.74) is 0.437. The van der Waals surface area contributed by atoms with Gasteiger partial charge in [-0.05, 0) is 29.8 Å². The summed E-state index contributed by atoms with van der Waals surface area (Å²) >= 11 is 0. The van der Waals surface area contributed by atoms with Crippen LogP contribution >= 0.6 is 0 Å². The van der Waals surface area contributed by atoms with Gasteiger partial charge in [-0.1, -0.05) is 0 Å². The number of nitrogens with zero attached hydrogens (tertiary/aromatic N) is 4. The Bertz CT molecular complexity index is 826. The Hall–Kier alpha value is -2.43. The van der Waals surface area contributed by atoms with E-state index in [9.17, 15) is 21.6 Å². The highest BCUT2D eigenvalue weighted by Crippen LogP contribution is 2.29. The second kappa shape index (κ2) is 5.99. The Morgan fingerprint density at radius 3 is 2.30 bits per heavy atom. The molecule has 1 aromatic carbocycles. The topological polar surface area (TPSA) is 86.4 Å². The van der Waals surface area contributed by atoms with Gasteiger partial charge in [0.2, 0.25) is 9.84 Å². The molecular formula is C12H11F3N4O3S. The first-order valence-electron chi connectivity index (χ1n) is 6.04. The Kier molecular flexibility index (Phi) is 4.41. The average molecular weight is 348 g/mol. The van der Waals surface area contributed by atoms with E-state index in [1.165, 1.54) is 7.11 Å². The minimum Gasteiger partial charge on any atom is -0.497 e. The van der Waals surface area contributed by atoms with Gasteiger partial charge in [-0.3, -0.25) is 0 Å². The van der Waals surface area contributed by atoms with E-state index in [1.54, 1.807) is 24.3 Å². The van der Waals surface area contributed by atoms with Gasteiger partial charge in [-0.25, -0.2) is 8.42 Å². The molecule has 1 heterocycles. The molecule has 1 aromatic heterocycles. The molecule has 23 heavy (non-hydrogen) atoms. The molecule has 0 atom stereocenters. The van der Waals surface area contributed by atoms with Crippen molar-refractivity contribution in [1.82, 2.24) is 14.9 Å². The summed E-state index contributed by atoms with van der Waals surface area (Å²) in [4.78, 5) is 0. The van der Waals surface area contributed by atoms with Gasteiger partial charge in [0.1, 0.15) is 5.75 Å². The summed E-state index contributed by atoms with van der Waals surface area (Å²) in [5, 5.41) is 8.59. The molecule has 0 aliphatic rings. The highest BCUT2D eigenvalue weighted by atomic mass is 32.2. The first kappa shape index (κ1) is 16.9. The maximum atomic E-state index is 12.9. The fourth-order valence-corrected chi connectivity index (χ4v) is 2.23. The standard InChI is InChI=1S/C12H11F3N4O3S/c1-22-9-5-3-8(4-6-9)7-16-19-10(12(13,14)15)17-18-11(19)23(2,20)21/h3-7H,1-2H3/b16-7+. The smallest absolute Gasteiger partial charge is 0.453 e. The fraction of sp³-hybridized carbons (Fsp3) is 0.250. The summed E-state index contributed by atoms with van der Waals surface area (Å²) in [7, 11) is -2.57. The molecule has 0 radical (unpaired) electrons. The van der Waals surface area contributed by atoms with Crippen molar-refractivity contribution in [3.8, 4) is 5.75 Å². The van der Waals surface area contributed by atoms with Gasteiger partial charge in [0.15, 0.2) is 0 Å². The van der Waals surface area contributed by atoms with Gasteiger partial charge >= 0.3 is 6.18 Å². The zero-order valence-electron chi connectivity index (χ0n) is 11.9. The second-order valence-electron chi connectivity index (χ2n) is 4.41. The lowest BCUT2D eigenvalue weighted by Gasteiger charge is -2.06. The minimum absolute atomic E-state index is 0.152. The lowest BCUT2D eigenvalue weighted by atomic mass is 10.2. The fourth-order valence-electron chi connectivity index (χ4n) is 1.59. The van der Waals surface area contributed by atoms with Crippen LogP contribution in [-0.2, 0) is 16.0 Å². The Labute approximate surface area is 129 Å². The van der Waals surface area contributed by atoms with Crippen molar-refractivity contribution in [2.45, 2.75) is 11.3 Å². The molecule has 2 aromatic rings. The molecule has 0 aliphatic carbocycles. The minimum atomic E-state index is -4.90. The van der Waals surface area contributed by atoms with Gasteiger partial charge in [0.25, 0.3) is 11.0 Å². The van der Waals surface area contributed by atoms with E-state index in [2.05, 4.69) is 15.3 Å². The van der Waals surface area contributed by atoms with Crippen LogP contribution < -0.4 is 4.74 Å². The summed E-state index contributed by atoms with van der Waals surface area (Å²) in [6.07, 6.45) is -3.11. The molecule has 2 rings (SSSR count). The lowest BCUT2D eigenvalue weighted by molar-refractivity contribution is -0.147. The molecule has 124 valence electrons. The van der Waals surface area contributed by atoms with Crippen LogP contribution in [0.1, 0.15) is 11.4 Å². The molecule has 0 amide bonds. The van der Waals surface area contributed by atoms with Crippen LogP contribution in [0.15, 0.2) is 34.5 Å². The maximum absolute atomic E-state index is 12.9. The third-order valence-electron chi connectivity index (χ3n) is 2.64. The van der Waals surface area contributed by atoms with Crippen LogP contribution in [0.3, 0.4) is 0 Å². The van der Waals surface area contributed by atoms with Crippen molar-refractivity contribution in [1.29, 1.82) is 0 Å². The zero-order chi connectivity index (χ0) is 17.3. The normalized spacial score (nSPS) is 12.7. The SMILES string of the molecule is COc1ccc(/C=N/n2c(C(F)(F)F)nnc2S(C)(=O)=O)cc1. The second-order valence-corrected chi connectivity index (χ2v) is 6.32. The molecule has 11 heteroatoms. The molecule has 0 saturated carbocycles. The van der Waals surface area contributed by atoms with E-state index in [1.807, 2.05) is 0 Å². The molecule has 0 aliphatic heterocycles. The number of methoxy groups -OCH3 is 1. The van der Waals surface area contributed by atoms with Crippen molar-refractivity contribution in [3.05, 3.63) is 35.7 Å². The molecule has 0 saturated heterocycles. The number of sulfone groups is 1. The Balaban J connectivity index is 2.48. The zero-order valence-corrected chi connectivity index (χ0v) is 12.8. The molecule has 7 nitrogen and oxygen atoms in total. The Morgan fingerprint density at radius 2 is 1.83 bits per heavy atom. The largest absolute Gasteiger partial charge is 0.497 e. The summed E-state index contributed by atoms with van der Waals surface area (Å²) < 4.78 is 66.7. The lowest BCUT2D eigenvalue weighted by Crippen LogP contribution is -2.15. The first-order valence-corrected chi connectivity index (χ1v) is 7.93. The molecular weight excluding hydrogens is 337 g/mol. The van der Waals surface area contributed by atoms with Gasteiger partial charge in [-0.15, -0.1) is 10.2 Å². The van der Waals surface area contributed by atoms with Crippen LogP contribution in [0, 0.1) is 0 Å². The van der Waals surface area contributed by atoms with E-state index >= 15 is 0 Å². The van der Waals surface area contributed by atoms with Crippen molar-refractivity contribution in [3.63, 3.8) is 0 Å². The van der Waals surface area contributed by atoms with Gasteiger partial charge in [0.05, 0.1) is 13.3 Å². The quantitative estimate of drug-likeness (QED) is 0.783. The molecule has 0 N–H and O–H groups in total. The third-order valence-corrected chi connectivity index (χ3v) is 3.55. The number of alkyl halides is 3. The van der Waals surface area contributed by atoms with Crippen molar-refractivity contribution in [2.24, 2.45) is 5.10 Å². The Morgan fingerprint density at radius 1 is 1.22 bits per heavy atom. The summed E-state index contributed by atoms with van der Waals surface area (Å²) in [5.74, 6) is -0.970. The van der Waals surface area contributed by atoms with Crippen LogP contribution in [0.2, 0.25) is 0 Å². The average Bonchev–Trinajstić information content (AvgIpc) is 2.89. The van der Waals surface area contributed by atoms with Gasteiger partial charge < -0.3 is 4.74 Å². The number of benzene rings is 1. The van der Waals surface area contributed by atoms with E-state index < -0.39 is 27.0 Å². The number of halogens is 3. The molecule has 0 fully saturated rings. The number of hydrogen-bond donors (Lipinski definition) is 0. The predicted octanol–water partition coefficient (Wildman–Crippen LogP) is 1.59. The van der Waals surface area contributed by atoms with E-state index in [-0.39, 0.29) is 4.68 Å². The van der Waals surface area contributed by atoms with E-state index in [0.29, 0.717) is 11.3 Å². The van der Waals surface area contributed by atoms with Gasteiger partial charge in [-0.2, -0.15) is 22.9 Å².